The summed E-state index contributed by atoms with van der Waals surface area (Å²) < 4.78 is 5.56. The highest BCUT2D eigenvalue weighted by Crippen LogP contribution is 2.34. The van der Waals surface area contributed by atoms with Gasteiger partial charge in [0.2, 0.25) is 0 Å². The van der Waals surface area contributed by atoms with Crippen LogP contribution in [-0.2, 0) is 17.9 Å². The molecule has 0 aliphatic carbocycles. The van der Waals surface area contributed by atoms with E-state index in [1.807, 2.05) is 47.4 Å². The Labute approximate surface area is 210 Å². The molecular formula is C29H29N3O4. The molecule has 0 atom stereocenters. The van der Waals surface area contributed by atoms with Gasteiger partial charge in [-0.25, -0.2) is 0 Å². The van der Waals surface area contributed by atoms with Crippen molar-refractivity contribution in [3.8, 4) is 5.75 Å². The van der Waals surface area contributed by atoms with Gasteiger partial charge in [-0.3, -0.25) is 19.3 Å². The summed E-state index contributed by atoms with van der Waals surface area (Å²) in [7, 11) is 0. The fourth-order valence-corrected chi connectivity index (χ4v) is 4.71. The molecule has 184 valence electrons. The average molecular weight is 484 g/mol. The van der Waals surface area contributed by atoms with Crippen LogP contribution >= 0.6 is 0 Å². The van der Waals surface area contributed by atoms with Crippen LogP contribution in [0, 0.1) is 0 Å². The smallest absolute Gasteiger partial charge is 0.265 e. The van der Waals surface area contributed by atoms with Gasteiger partial charge in [0, 0.05) is 43.9 Å². The first-order chi connectivity index (χ1) is 17.5. The largest absolute Gasteiger partial charge is 0.482 e. The Kier molecular flexibility index (Phi) is 6.82. The minimum absolute atomic E-state index is 0.00350. The van der Waals surface area contributed by atoms with Gasteiger partial charge in [-0.2, -0.15) is 0 Å². The van der Waals surface area contributed by atoms with Crippen molar-refractivity contribution in [3.63, 3.8) is 0 Å². The number of piperazine rings is 1. The fraction of sp³-hybridized carbons (Fsp3) is 0.276. The van der Waals surface area contributed by atoms with Gasteiger partial charge in [-0.15, -0.1) is 0 Å². The molecule has 7 nitrogen and oxygen atoms in total. The number of carbonyl (C=O) groups excluding carboxylic acids is 3. The number of hydrogen-bond donors (Lipinski definition) is 0. The van der Waals surface area contributed by atoms with E-state index < -0.39 is 0 Å². The van der Waals surface area contributed by atoms with Crippen molar-refractivity contribution in [1.82, 2.24) is 9.80 Å². The molecule has 36 heavy (non-hydrogen) atoms. The third-order valence-electron chi connectivity index (χ3n) is 6.73. The van der Waals surface area contributed by atoms with Gasteiger partial charge in [0.05, 0.1) is 12.2 Å². The maximum absolute atomic E-state index is 13.3. The van der Waals surface area contributed by atoms with Crippen molar-refractivity contribution in [3.05, 3.63) is 95.1 Å². The predicted molar refractivity (Wildman–Crippen MR) is 137 cm³/mol. The highest BCUT2D eigenvalue weighted by atomic mass is 16.5. The van der Waals surface area contributed by atoms with Crippen LogP contribution < -0.4 is 9.64 Å². The van der Waals surface area contributed by atoms with Crippen molar-refractivity contribution in [2.75, 3.05) is 37.7 Å². The van der Waals surface area contributed by atoms with Crippen LogP contribution in [0.1, 0.15) is 38.8 Å². The van der Waals surface area contributed by atoms with E-state index in [0.717, 1.165) is 25.2 Å². The van der Waals surface area contributed by atoms with Gasteiger partial charge in [-0.1, -0.05) is 42.5 Å². The zero-order valence-corrected chi connectivity index (χ0v) is 20.4. The summed E-state index contributed by atoms with van der Waals surface area (Å²) in [4.78, 5) is 43.7. The second-order valence-electron chi connectivity index (χ2n) is 9.26. The second kappa shape index (κ2) is 10.3. The van der Waals surface area contributed by atoms with Gasteiger partial charge in [0.15, 0.2) is 12.4 Å². The van der Waals surface area contributed by atoms with Crippen molar-refractivity contribution in [2.24, 2.45) is 0 Å². The average Bonchev–Trinajstić information content (AvgIpc) is 2.91. The summed E-state index contributed by atoms with van der Waals surface area (Å²) in [6.45, 7) is 5.64. The number of anilines is 1. The molecule has 1 saturated heterocycles. The molecule has 3 aromatic rings. The number of carbonyl (C=O) groups is 3. The minimum atomic E-state index is -0.186. The molecule has 2 aliphatic heterocycles. The van der Waals surface area contributed by atoms with Crippen molar-refractivity contribution < 1.29 is 19.1 Å². The molecule has 3 aromatic carbocycles. The summed E-state index contributed by atoms with van der Waals surface area (Å²) in [5, 5.41) is 0. The van der Waals surface area contributed by atoms with Crippen LogP contribution in [0.5, 0.6) is 5.75 Å². The first-order valence-electron chi connectivity index (χ1n) is 12.2. The normalized spacial score (nSPS) is 15.9. The SMILES string of the molecule is CC(=O)c1ccc2c(c1)N(Cc1cccc(C(=O)N3CCN(Cc4ccccc4)CC3)c1)C(=O)CO2. The second-order valence-corrected chi connectivity index (χ2v) is 9.26. The molecule has 0 N–H and O–H groups in total. The number of rotatable bonds is 6. The molecule has 2 aliphatic rings. The summed E-state index contributed by atoms with van der Waals surface area (Å²) in [5.74, 6) is 0.311. The molecular weight excluding hydrogens is 454 g/mol. The monoisotopic (exact) mass is 483 g/mol. The summed E-state index contributed by atoms with van der Waals surface area (Å²) in [6.07, 6.45) is 0. The van der Waals surface area contributed by atoms with Crippen LogP contribution in [0.4, 0.5) is 5.69 Å². The van der Waals surface area contributed by atoms with E-state index in [1.165, 1.54) is 12.5 Å². The molecule has 0 aromatic heterocycles. The lowest BCUT2D eigenvalue weighted by atomic mass is 10.1. The number of fused-ring (bicyclic) bond motifs is 1. The third-order valence-corrected chi connectivity index (χ3v) is 6.73. The zero-order chi connectivity index (χ0) is 25.1. The molecule has 0 unspecified atom stereocenters. The molecule has 0 spiro atoms. The first kappa shape index (κ1) is 23.8. The van der Waals surface area contributed by atoms with Crippen molar-refractivity contribution in [1.29, 1.82) is 0 Å². The Balaban J connectivity index is 1.26. The molecule has 2 amide bonds. The van der Waals surface area contributed by atoms with Crippen molar-refractivity contribution >= 4 is 23.3 Å². The van der Waals surface area contributed by atoms with E-state index in [9.17, 15) is 14.4 Å². The molecule has 0 radical (unpaired) electrons. The van der Waals surface area contributed by atoms with Gasteiger partial charge in [0.1, 0.15) is 5.75 Å². The Hall–Kier alpha value is -3.97. The number of amides is 2. The number of hydrogen-bond acceptors (Lipinski definition) is 5. The fourth-order valence-electron chi connectivity index (χ4n) is 4.71. The minimum Gasteiger partial charge on any atom is -0.482 e. The predicted octanol–water partition coefficient (Wildman–Crippen LogP) is 3.77. The lowest BCUT2D eigenvalue weighted by Gasteiger charge is -2.35. The summed E-state index contributed by atoms with van der Waals surface area (Å²) in [5.41, 5.74) is 3.83. The highest BCUT2D eigenvalue weighted by Gasteiger charge is 2.27. The number of ether oxygens (including phenoxy) is 1. The summed E-state index contributed by atoms with van der Waals surface area (Å²) in [6, 6.07) is 22.9. The zero-order valence-electron chi connectivity index (χ0n) is 20.4. The van der Waals surface area contributed by atoms with Crippen LogP contribution in [0.2, 0.25) is 0 Å². The van der Waals surface area contributed by atoms with Crippen LogP contribution in [0.3, 0.4) is 0 Å². The van der Waals surface area contributed by atoms with Gasteiger partial charge in [-0.05, 0) is 48.4 Å². The number of Topliss-reactive ketones (excluding diaryl/α,β-unsaturated/α-hetero) is 1. The Bertz CT molecular complexity index is 1280. The van der Waals surface area contributed by atoms with Crippen LogP contribution in [-0.4, -0.2) is 60.2 Å². The first-order valence-corrected chi connectivity index (χ1v) is 12.2. The summed E-state index contributed by atoms with van der Waals surface area (Å²) >= 11 is 0. The molecule has 7 heteroatoms. The molecule has 0 saturated carbocycles. The maximum atomic E-state index is 13.3. The van der Waals surface area contributed by atoms with Crippen LogP contribution in [0.15, 0.2) is 72.8 Å². The van der Waals surface area contributed by atoms with E-state index in [0.29, 0.717) is 42.2 Å². The lowest BCUT2D eigenvalue weighted by molar-refractivity contribution is -0.121. The number of benzene rings is 3. The molecule has 1 fully saturated rings. The van der Waals surface area contributed by atoms with E-state index in [1.54, 1.807) is 23.1 Å². The number of ketones is 1. The number of nitrogens with zero attached hydrogens (tertiary/aromatic N) is 3. The Morgan fingerprint density at radius 2 is 1.56 bits per heavy atom. The topological polar surface area (TPSA) is 70.2 Å². The van der Waals surface area contributed by atoms with E-state index in [4.69, 9.17) is 4.74 Å². The van der Waals surface area contributed by atoms with Crippen molar-refractivity contribution in [2.45, 2.75) is 20.0 Å². The Morgan fingerprint density at radius 3 is 2.31 bits per heavy atom. The molecule has 5 rings (SSSR count). The quantitative estimate of drug-likeness (QED) is 0.499. The third kappa shape index (κ3) is 5.16. The molecule has 2 heterocycles. The van der Waals surface area contributed by atoms with Crippen LogP contribution in [0.25, 0.3) is 0 Å². The standard InChI is InChI=1S/C29H29N3O4/c1-21(33)24-10-11-27-26(17-24)32(28(34)20-36-27)19-23-8-5-9-25(16-23)29(35)31-14-12-30(13-15-31)18-22-6-3-2-4-7-22/h2-11,16-17H,12-15,18-20H2,1H3. The van der Waals surface area contributed by atoms with Gasteiger partial charge in [0.25, 0.3) is 11.8 Å². The lowest BCUT2D eigenvalue weighted by Crippen LogP contribution is -2.48. The molecule has 0 bridgehead atoms. The maximum Gasteiger partial charge on any atom is 0.265 e. The Morgan fingerprint density at radius 1 is 0.806 bits per heavy atom. The van der Waals surface area contributed by atoms with E-state index in [2.05, 4.69) is 17.0 Å². The van der Waals surface area contributed by atoms with E-state index >= 15 is 0 Å². The highest BCUT2D eigenvalue weighted by molar-refractivity contribution is 6.01. The van der Waals surface area contributed by atoms with Gasteiger partial charge >= 0.3 is 0 Å². The van der Waals surface area contributed by atoms with E-state index in [-0.39, 0.29) is 24.2 Å². The van der Waals surface area contributed by atoms with Gasteiger partial charge < -0.3 is 14.5 Å².